The molecule has 4 nitrogen and oxygen atoms in total. The fourth-order valence-corrected chi connectivity index (χ4v) is 4.44. The Hall–Kier alpha value is -2.92. The molecule has 0 bridgehead atoms. The highest BCUT2D eigenvalue weighted by atomic mass is 35.5. The Morgan fingerprint density at radius 3 is 2.35 bits per heavy atom. The third kappa shape index (κ3) is 6.15. The van der Waals surface area contributed by atoms with Gasteiger partial charge in [0, 0.05) is 5.02 Å². The molecule has 0 heterocycles. The highest BCUT2D eigenvalue weighted by Gasteiger charge is 2.37. The summed E-state index contributed by atoms with van der Waals surface area (Å²) in [7, 11) is 0. The first-order valence-electron chi connectivity index (χ1n) is 11.6. The van der Waals surface area contributed by atoms with Gasteiger partial charge in [-0.1, -0.05) is 109 Å². The second-order valence-electron chi connectivity index (χ2n) is 8.41. The number of halogens is 1. The summed E-state index contributed by atoms with van der Waals surface area (Å²) >= 11 is 6.78. The summed E-state index contributed by atoms with van der Waals surface area (Å²) in [6.07, 6.45) is 3.73. The van der Waals surface area contributed by atoms with Crippen molar-refractivity contribution in [3.05, 3.63) is 119 Å². The van der Waals surface area contributed by atoms with Gasteiger partial charge in [-0.2, -0.15) is 0 Å². The molecule has 3 aromatic carbocycles. The lowest BCUT2D eigenvalue weighted by molar-refractivity contribution is -0.144. The molecule has 178 valence electrons. The van der Waals surface area contributed by atoms with Crippen LogP contribution >= 0.6 is 11.6 Å². The maximum Gasteiger partial charge on any atom is 0.323 e. The van der Waals surface area contributed by atoms with E-state index in [1.54, 1.807) is 0 Å². The Morgan fingerprint density at radius 2 is 1.68 bits per heavy atom. The van der Waals surface area contributed by atoms with Gasteiger partial charge in [0.05, 0.1) is 5.54 Å². The van der Waals surface area contributed by atoms with E-state index in [1.807, 2.05) is 36.4 Å². The van der Waals surface area contributed by atoms with Crippen LogP contribution in [0.4, 0.5) is 0 Å². The van der Waals surface area contributed by atoms with Gasteiger partial charge in [-0.15, -0.1) is 0 Å². The second-order valence-corrected chi connectivity index (χ2v) is 8.82. The van der Waals surface area contributed by atoms with Crippen LogP contribution in [0.15, 0.2) is 91.5 Å². The fourth-order valence-electron chi connectivity index (χ4n) is 4.17. The summed E-state index contributed by atoms with van der Waals surface area (Å²) in [5.41, 5.74) is 9.77. The van der Waals surface area contributed by atoms with Crippen molar-refractivity contribution in [1.29, 1.82) is 0 Å². The molecular weight excluding hydrogens is 444 g/mol. The third-order valence-electron chi connectivity index (χ3n) is 5.95. The van der Waals surface area contributed by atoms with E-state index in [0.717, 1.165) is 29.5 Å². The average Bonchev–Trinajstić information content (AvgIpc) is 2.86. The SMILES string of the molecule is C=CCOC(=O)[C@@H](N)CCCCNC(c1ccccc1)(c1ccc(C)cc1)c1ccccc1Cl. The van der Waals surface area contributed by atoms with Gasteiger partial charge in [-0.25, -0.2) is 0 Å². The third-order valence-corrected chi connectivity index (χ3v) is 6.28. The maximum absolute atomic E-state index is 11.9. The van der Waals surface area contributed by atoms with Crippen LogP contribution in [0.1, 0.15) is 41.5 Å². The van der Waals surface area contributed by atoms with Crippen LogP contribution in [-0.4, -0.2) is 25.2 Å². The Bertz CT molecular complexity index is 1070. The first kappa shape index (κ1) is 25.7. The number of esters is 1. The van der Waals surface area contributed by atoms with E-state index in [-0.39, 0.29) is 12.6 Å². The molecule has 0 saturated carbocycles. The molecule has 1 unspecified atom stereocenters. The lowest BCUT2D eigenvalue weighted by Gasteiger charge is -2.38. The predicted octanol–water partition coefficient (Wildman–Crippen LogP) is 5.76. The van der Waals surface area contributed by atoms with Gasteiger partial charge in [0.2, 0.25) is 0 Å². The Morgan fingerprint density at radius 1 is 1.03 bits per heavy atom. The van der Waals surface area contributed by atoms with Crippen LogP contribution in [-0.2, 0) is 15.1 Å². The van der Waals surface area contributed by atoms with Crippen molar-refractivity contribution in [2.75, 3.05) is 13.2 Å². The molecule has 34 heavy (non-hydrogen) atoms. The minimum atomic E-state index is -0.627. The summed E-state index contributed by atoms with van der Waals surface area (Å²) in [6.45, 7) is 6.53. The number of benzene rings is 3. The predicted molar refractivity (Wildman–Crippen MR) is 140 cm³/mol. The molecule has 0 amide bonds. The molecule has 0 radical (unpaired) electrons. The molecule has 3 aromatic rings. The molecule has 0 aliphatic heterocycles. The van der Waals surface area contributed by atoms with Crippen molar-refractivity contribution < 1.29 is 9.53 Å². The fraction of sp³-hybridized carbons (Fsp3) is 0.276. The van der Waals surface area contributed by atoms with E-state index in [0.29, 0.717) is 18.0 Å². The Balaban J connectivity index is 1.87. The number of hydrogen-bond acceptors (Lipinski definition) is 4. The number of aryl methyl sites for hydroxylation is 1. The zero-order valence-corrected chi connectivity index (χ0v) is 20.4. The Labute approximate surface area is 207 Å². The molecule has 0 aliphatic rings. The molecule has 0 saturated heterocycles. The molecular formula is C29H33ClN2O2. The molecule has 3 rings (SSSR count). The lowest BCUT2D eigenvalue weighted by Crippen LogP contribution is -2.45. The van der Waals surface area contributed by atoms with Crippen LogP contribution in [0.25, 0.3) is 0 Å². The van der Waals surface area contributed by atoms with Crippen molar-refractivity contribution in [1.82, 2.24) is 5.32 Å². The highest BCUT2D eigenvalue weighted by molar-refractivity contribution is 6.31. The summed E-state index contributed by atoms with van der Waals surface area (Å²) in [5, 5.41) is 4.53. The number of rotatable bonds is 12. The van der Waals surface area contributed by atoms with Gasteiger partial charge in [0.25, 0.3) is 0 Å². The first-order valence-corrected chi connectivity index (χ1v) is 12.0. The molecule has 0 spiro atoms. The number of hydrogen-bond donors (Lipinski definition) is 2. The summed E-state index contributed by atoms with van der Waals surface area (Å²) in [5.74, 6) is -0.387. The van der Waals surface area contributed by atoms with Crippen LogP contribution in [0, 0.1) is 6.92 Å². The normalized spacial score (nSPS) is 13.6. The lowest BCUT2D eigenvalue weighted by atomic mass is 9.76. The molecule has 3 N–H and O–H groups in total. The number of nitrogens with one attached hydrogen (secondary N) is 1. The quantitative estimate of drug-likeness (QED) is 0.151. The summed E-state index contributed by atoms with van der Waals surface area (Å²) in [4.78, 5) is 11.9. The van der Waals surface area contributed by atoms with E-state index in [9.17, 15) is 4.79 Å². The number of nitrogens with two attached hydrogens (primary N) is 1. The van der Waals surface area contributed by atoms with E-state index in [2.05, 4.69) is 61.3 Å². The van der Waals surface area contributed by atoms with Crippen molar-refractivity contribution in [2.24, 2.45) is 5.73 Å². The second kappa shape index (κ2) is 12.5. The topological polar surface area (TPSA) is 64.3 Å². The highest BCUT2D eigenvalue weighted by Crippen LogP contribution is 2.40. The first-order chi connectivity index (χ1) is 16.5. The van der Waals surface area contributed by atoms with Gasteiger partial charge < -0.3 is 10.5 Å². The standard InChI is InChI=1S/C29H33ClN2O2/c1-3-21-34-28(33)27(31)15-9-10-20-32-29(23-11-5-4-6-12-23,24-18-16-22(2)17-19-24)25-13-7-8-14-26(25)30/h3-8,11-14,16-19,27,32H,1,9-10,15,20-21,31H2,2H3/t27-,29?/m0/s1. The minimum Gasteiger partial charge on any atom is -0.460 e. The summed E-state index contributed by atoms with van der Waals surface area (Å²) in [6, 6.07) is 26.3. The minimum absolute atomic E-state index is 0.183. The molecule has 2 atom stereocenters. The zero-order valence-electron chi connectivity index (χ0n) is 19.7. The number of carbonyl (C=O) groups excluding carboxylic acids is 1. The monoisotopic (exact) mass is 476 g/mol. The van der Waals surface area contributed by atoms with Gasteiger partial charge >= 0.3 is 5.97 Å². The number of unbranched alkanes of at least 4 members (excludes halogenated alkanes) is 1. The molecule has 5 heteroatoms. The number of ether oxygens (including phenoxy) is 1. The average molecular weight is 477 g/mol. The molecule has 0 fully saturated rings. The molecule has 0 aliphatic carbocycles. The van der Waals surface area contributed by atoms with Crippen LogP contribution < -0.4 is 11.1 Å². The van der Waals surface area contributed by atoms with E-state index in [1.165, 1.54) is 11.6 Å². The van der Waals surface area contributed by atoms with Gasteiger partial charge in [0.15, 0.2) is 0 Å². The zero-order chi connectivity index (χ0) is 24.4. The van der Waals surface area contributed by atoms with E-state index >= 15 is 0 Å². The van der Waals surface area contributed by atoms with Crippen molar-refractivity contribution in [2.45, 2.75) is 37.8 Å². The number of carbonyl (C=O) groups is 1. The summed E-state index contributed by atoms with van der Waals surface area (Å²) < 4.78 is 5.05. The van der Waals surface area contributed by atoms with Crippen LogP contribution in [0.2, 0.25) is 5.02 Å². The molecule has 0 aromatic heterocycles. The smallest absolute Gasteiger partial charge is 0.323 e. The Kier molecular flexibility index (Phi) is 9.46. The van der Waals surface area contributed by atoms with Crippen molar-refractivity contribution in [3.63, 3.8) is 0 Å². The van der Waals surface area contributed by atoms with E-state index in [4.69, 9.17) is 22.1 Å². The van der Waals surface area contributed by atoms with Crippen molar-refractivity contribution >= 4 is 17.6 Å². The van der Waals surface area contributed by atoms with Crippen LogP contribution in [0.5, 0.6) is 0 Å². The van der Waals surface area contributed by atoms with E-state index < -0.39 is 11.6 Å². The largest absolute Gasteiger partial charge is 0.460 e. The van der Waals surface area contributed by atoms with Crippen LogP contribution in [0.3, 0.4) is 0 Å². The maximum atomic E-state index is 11.9. The van der Waals surface area contributed by atoms with Gasteiger partial charge in [-0.3, -0.25) is 10.1 Å². The van der Waals surface area contributed by atoms with Crippen molar-refractivity contribution in [3.8, 4) is 0 Å². The van der Waals surface area contributed by atoms with Gasteiger partial charge in [0.1, 0.15) is 12.6 Å². The van der Waals surface area contributed by atoms with Gasteiger partial charge in [-0.05, 0) is 49.1 Å².